The van der Waals surface area contributed by atoms with Crippen LogP contribution in [0.3, 0.4) is 0 Å². The van der Waals surface area contributed by atoms with E-state index in [1.54, 1.807) is 12.1 Å². The van der Waals surface area contributed by atoms with E-state index in [-0.39, 0.29) is 50.0 Å². The summed E-state index contributed by atoms with van der Waals surface area (Å²) in [5.74, 6) is -1.20. The van der Waals surface area contributed by atoms with Gasteiger partial charge >= 0.3 is 0 Å². The largest absolute Gasteiger partial charge is 0.396 e. The van der Waals surface area contributed by atoms with Crippen molar-refractivity contribution in [3.05, 3.63) is 29.1 Å². The Bertz CT molecular complexity index is 970. The Balaban J connectivity index is 1.21. The van der Waals surface area contributed by atoms with Crippen molar-refractivity contribution < 1.29 is 28.6 Å². The number of nitrogens with one attached hydrogen (secondary N) is 1. The van der Waals surface area contributed by atoms with Crippen molar-refractivity contribution in [1.29, 1.82) is 0 Å². The number of amides is 3. The Morgan fingerprint density at radius 2 is 1.71 bits per heavy atom. The molecule has 0 aromatic heterocycles. The van der Waals surface area contributed by atoms with Crippen LogP contribution in [0.2, 0.25) is 0 Å². The highest BCUT2D eigenvalue weighted by molar-refractivity contribution is 6.05. The predicted octanol–water partition coefficient (Wildman–Crippen LogP) is 2.12. The van der Waals surface area contributed by atoms with E-state index in [0.29, 0.717) is 35.8 Å². The normalized spacial score (nSPS) is 28.3. The van der Waals surface area contributed by atoms with E-state index >= 15 is 4.39 Å². The maximum atomic E-state index is 15.5. The van der Waals surface area contributed by atoms with Crippen LogP contribution in [-0.4, -0.2) is 65.7 Å². The van der Waals surface area contributed by atoms with Gasteiger partial charge in [0.1, 0.15) is 6.04 Å². The number of nitrogens with zero attached hydrogens (tertiary/aromatic N) is 2. The van der Waals surface area contributed by atoms with Crippen LogP contribution >= 0.6 is 0 Å². The lowest BCUT2D eigenvalue weighted by atomic mass is 9.88. The molecule has 34 heavy (non-hydrogen) atoms. The van der Waals surface area contributed by atoms with Crippen molar-refractivity contribution in [3.63, 3.8) is 0 Å². The zero-order chi connectivity index (χ0) is 23.8. The number of hydrogen-bond acceptors (Lipinski definition) is 6. The van der Waals surface area contributed by atoms with Gasteiger partial charge in [-0.15, -0.1) is 0 Å². The van der Waals surface area contributed by atoms with Crippen LogP contribution in [0.5, 0.6) is 0 Å². The molecule has 0 spiro atoms. The monoisotopic (exact) mass is 473 g/mol. The molecule has 1 saturated carbocycles. The van der Waals surface area contributed by atoms with Gasteiger partial charge in [0.05, 0.1) is 24.4 Å². The molecule has 3 amide bonds. The fourth-order valence-electron chi connectivity index (χ4n) is 5.79. The Labute approximate surface area is 198 Å². The number of halogens is 1. The second kappa shape index (κ2) is 9.62. The number of fused-ring (bicyclic) bond motifs is 1. The van der Waals surface area contributed by atoms with Gasteiger partial charge in [-0.1, -0.05) is 0 Å². The molecular weight excluding hydrogens is 441 g/mol. The van der Waals surface area contributed by atoms with Crippen LogP contribution in [-0.2, 0) is 20.9 Å². The highest BCUT2D eigenvalue weighted by Gasteiger charge is 2.41. The Kier molecular flexibility index (Phi) is 6.57. The van der Waals surface area contributed by atoms with Crippen LogP contribution in [0, 0.1) is 11.7 Å². The zero-order valence-corrected chi connectivity index (χ0v) is 19.3. The van der Waals surface area contributed by atoms with Gasteiger partial charge in [-0.25, -0.2) is 4.39 Å². The molecule has 3 aliphatic heterocycles. The number of carbonyl (C=O) groups is 3. The number of anilines is 1. The lowest BCUT2D eigenvalue weighted by Gasteiger charge is -2.37. The molecule has 1 aromatic carbocycles. The summed E-state index contributed by atoms with van der Waals surface area (Å²) < 4.78 is 21.9. The number of carbonyl (C=O) groups excluding carboxylic acids is 3. The lowest BCUT2D eigenvalue weighted by molar-refractivity contribution is -0.136. The average molecular weight is 474 g/mol. The molecule has 3 heterocycles. The molecule has 9 heteroatoms. The van der Waals surface area contributed by atoms with Gasteiger partial charge in [0.25, 0.3) is 5.91 Å². The number of benzene rings is 1. The third-order valence-corrected chi connectivity index (χ3v) is 7.85. The molecule has 3 fully saturated rings. The van der Waals surface area contributed by atoms with Crippen molar-refractivity contribution in [2.24, 2.45) is 5.92 Å². The Morgan fingerprint density at radius 1 is 1.00 bits per heavy atom. The first-order chi connectivity index (χ1) is 16.4. The molecule has 2 saturated heterocycles. The molecule has 4 aliphatic rings. The second-order valence-corrected chi connectivity index (χ2v) is 9.97. The smallest absolute Gasteiger partial charge is 0.255 e. The molecule has 5 rings (SSSR count). The van der Waals surface area contributed by atoms with Gasteiger partial charge in [0.15, 0.2) is 5.82 Å². The number of ether oxygens (including phenoxy) is 1. The van der Waals surface area contributed by atoms with Crippen molar-refractivity contribution in [2.45, 2.75) is 76.2 Å². The van der Waals surface area contributed by atoms with Crippen LogP contribution in [0.25, 0.3) is 0 Å². The third-order valence-electron chi connectivity index (χ3n) is 7.85. The summed E-state index contributed by atoms with van der Waals surface area (Å²) >= 11 is 0. The van der Waals surface area contributed by atoms with E-state index in [1.165, 1.54) is 4.90 Å². The molecule has 184 valence electrons. The van der Waals surface area contributed by atoms with Crippen LogP contribution < -0.4 is 10.2 Å². The maximum Gasteiger partial charge on any atom is 0.255 e. The van der Waals surface area contributed by atoms with Gasteiger partial charge in [0.2, 0.25) is 11.8 Å². The summed E-state index contributed by atoms with van der Waals surface area (Å²) in [5.41, 5.74) is 1.10. The van der Waals surface area contributed by atoms with Crippen molar-refractivity contribution >= 4 is 23.4 Å². The van der Waals surface area contributed by atoms with Gasteiger partial charge in [0, 0.05) is 37.2 Å². The first kappa shape index (κ1) is 23.2. The summed E-state index contributed by atoms with van der Waals surface area (Å²) in [6.07, 6.45) is 6.47. The fraction of sp³-hybridized carbons (Fsp3) is 0.640. The number of imide groups is 1. The molecule has 0 bridgehead atoms. The summed E-state index contributed by atoms with van der Waals surface area (Å²) in [6, 6.07) is 2.57. The fourth-order valence-corrected chi connectivity index (χ4v) is 5.79. The Hall–Kier alpha value is -2.52. The highest BCUT2D eigenvalue weighted by atomic mass is 19.1. The van der Waals surface area contributed by atoms with Gasteiger partial charge in [-0.05, 0) is 63.0 Å². The van der Waals surface area contributed by atoms with Crippen LogP contribution in [0.4, 0.5) is 10.1 Å². The molecule has 1 aromatic rings. The van der Waals surface area contributed by atoms with Crippen molar-refractivity contribution in [2.75, 3.05) is 24.6 Å². The van der Waals surface area contributed by atoms with E-state index in [9.17, 15) is 19.5 Å². The molecule has 1 atom stereocenters. The minimum atomic E-state index is -0.749. The van der Waals surface area contributed by atoms with Gasteiger partial charge in [-0.3, -0.25) is 19.7 Å². The molecule has 0 radical (unpaired) electrons. The van der Waals surface area contributed by atoms with E-state index in [2.05, 4.69) is 5.32 Å². The minimum Gasteiger partial charge on any atom is -0.396 e. The second-order valence-electron chi connectivity index (χ2n) is 9.97. The van der Waals surface area contributed by atoms with Gasteiger partial charge in [-0.2, -0.15) is 0 Å². The van der Waals surface area contributed by atoms with E-state index in [4.69, 9.17) is 4.74 Å². The zero-order valence-electron chi connectivity index (χ0n) is 19.3. The molecule has 1 aliphatic carbocycles. The standard InChI is InChI=1S/C25H32FN3O5/c26-23-19-13-29(21-7-8-22(31)27-24(21)32)25(33)18(19)5-6-20(23)28-11-9-17(10-12-28)34-16-3-1-15(14-30)2-4-16/h5-6,15-17,21,30H,1-4,7-14H2,(H,27,31,32)/t15-,16-,21?. The third kappa shape index (κ3) is 4.43. The summed E-state index contributed by atoms with van der Waals surface area (Å²) in [7, 11) is 0. The molecule has 1 unspecified atom stereocenters. The average Bonchev–Trinajstić information content (AvgIpc) is 3.17. The van der Waals surface area contributed by atoms with Crippen LogP contribution in [0.15, 0.2) is 12.1 Å². The number of rotatable bonds is 5. The van der Waals surface area contributed by atoms with E-state index in [1.807, 2.05) is 4.90 Å². The predicted molar refractivity (Wildman–Crippen MR) is 122 cm³/mol. The van der Waals surface area contributed by atoms with Crippen LogP contribution in [0.1, 0.15) is 67.3 Å². The summed E-state index contributed by atoms with van der Waals surface area (Å²) in [6.45, 7) is 1.65. The Morgan fingerprint density at radius 3 is 2.38 bits per heavy atom. The minimum absolute atomic E-state index is 0.0379. The molecular formula is C25H32FN3O5. The maximum absolute atomic E-state index is 15.5. The first-order valence-corrected chi connectivity index (χ1v) is 12.4. The number of piperidine rings is 2. The quantitative estimate of drug-likeness (QED) is 0.636. The highest BCUT2D eigenvalue weighted by Crippen LogP contribution is 2.35. The molecule has 2 N–H and O–H groups in total. The van der Waals surface area contributed by atoms with E-state index < -0.39 is 17.8 Å². The number of aliphatic hydroxyl groups excluding tert-OH is 1. The van der Waals surface area contributed by atoms with Crippen molar-refractivity contribution in [3.8, 4) is 0 Å². The lowest BCUT2D eigenvalue weighted by Crippen LogP contribution is -2.52. The summed E-state index contributed by atoms with van der Waals surface area (Å²) in [4.78, 5) is 40.0. The number of aliphatic hydroxyl groups is 1. The first-order valence-electron chi connectivity index (χ1n) is 12.4. The SMILES string of the molecule is O=C1CCC(N2Cc3c(ccc(N4CCC(O[C@H]5CC[C@H](CO)CC5)CC4)c3F)C2=O)C(=O)N1. The number of hydrogen-bond donors (Lipinski definition) is 2. The topological polar surface area (TPSA) is 99.2 Å². The molecule has 8 nitrogen and oxygen atoms in total. The summed E-state index contributed by atoms with van der Waals surface area (Å²) in [5, 5.41) is 11.6. The van der Waals surface area contributed by atoms with Gasteiger partial charge < -0.3 is 19.6 Å². The van der Waals surface area contributed by atoms with Crippen molar-refractivity contribution in [1.82, 2.24) is 10.2 Å². The van der Waals surface area contributed by atoms with E-state index in [0.717, 1.165) is 38.5 Å².